The van der Waals surface area contributed by atoms with Gasteiger partial charge in [-0.1, -0.05) is 24.3 Å². The van der Waals surface area contributed by atoms with Crippen LogP contribution in [-0.4, -0.2) is 6.18 Å². The van der Waals surface area contributed by atoms with Crippen molar-refractivity contribution in [1.82, 2.24) is 0 Å². The summed E-state index contributed by atoms with van der Waals surface area (Å²) in [4.78, 5) is 0. The maximum atomic E-state index is 12.6. The average Bonchev–Trinajstić information content (AvgIpc) is 2.02. The Balaban J connectivity index is 3.23. The number of hydrogen-bond acceptors (Lipinski definition) is 1. The fourth-order valence-electron chi connectivity index (χ4n) is 1.31. The summed E-state index contributed by atoms with van der Waals surface area (Å²) in [6, 6.07) is 6.26. The van der Waals surface area contributed by atoms with Gasteiger partial charge in [0.2, 0.25) is 0 Å². The minimum Gasteiger partial charge on any atom is -0.314 e. The Morgan fingerprint density at radius 1 is 1.14 bits per heavy atom. The Morgan fingerprint density at radius 3 is 2.07 bits per heavy atom. The summed E-state index contributed by atoms with van der Waals surface area (Å²) < 4.78 is 37.7. The fraction of sp³-hybridized carbons (Fsp3) is 0.400. The molecular weight excluding hydrogens is 191 g/mol. The van der Waals surface area contributed by atoms with Gasteiger partial charge in [-0.2, -0.15) is 13.2 Å². The average molecular weight is 203 g/mol. The van der Waals surface area contributed by atoms with E-state index in [2.05, 4.69) is 0 Å². The Kier molecular flexibility index (Phi) is 2.58. The van der Waals surface area contributed by atoms with Gasteiger partial charge in [-0.15, -0.1) is 0 Å². The molecule has 0 aliphatic heterocycles. The van der Waals surface area contributed by atoms with Crippen LogP contribution in [0.3, 0.4) is 0 Å². The molecule has 0 radical (unpaired) electrons. The van der Waals surface area contributed by atoms with Crippen molar-refractivity contribution >= 4 is 0 Å². The van der Waals surface area contributed by atoms with Crippen LogP contribution in [-0.2, 0) is 5.54 Å². The van der Waals surface area contributed by atoms with E-state index in [0.717, 1.165) is 6.92 Å². The Hall–Kier alpha value is -1.03. The van der Waals surface area contributed by atoms with Gasteiger partial charge in [-0.05, 0) is 25.0 Å². The van der Waals surface area contributed by atoms with E-state index in [4.69, 9.17) is 5.73 Å². The molecule has 0 heterocycles. The molecule has 1 aromatic carbocycles. The van der Waals surface area contributed by atoms with E-state index >= 15 is 0 Å². The van der Waals surface area contributed by atoms with Gasteiger partial charge in [0, 0.05) is 0 Å². The molecule has 4 heteroatoms. The first-order valence-corrected chi connectivity index (χ1v) is 4.18. The summed E-state index contributed by atoms with van der Waals surface area (Å²) in [6.45, 7) is 2.60. The quantitative estimate of drug-likeness (QED) is 0.746. The van der Waals surface area contributed by atoms with Crippen LogP contribution in [0.1, 0.15) is 18.1 Å². The van der Waals surface area contributed by atoms with Crippen molar-refractivity contribution in [2.24, 2.45) is 5.73 Å². The van der Waals surface area contributed by atoms with Crippen molar-refractivity contribution < 1.29 is 13.2 Å². The molecule has 0 bridgehead atoms. The van der Waals surface area contributed by atoms with Crippen molar-refractivity contribution in [3.8, 4) is 0 Å². The van der Waals surface area contributed by atoms with Crippen molar-refractivity contribution in [3.63, 3.8) is 0 Å². The van der Waals surface area contributed by atoms with Gasteiger partial charge in [0.25, 0.3) is 0 Å². The molecule has 1 nitrogen and oxygen atoms in total. The number of nitrogens with two attached hydrogens (primary N) is 1. The van der Waals surface area contributed by atoms with Gasteiger partial charge in [0.15, 0.2) is 0 Å². The zero-order valence-electron chi connectivity index (χ0n) is 8.02. The topological polar surface area (TPSA) is 26.0 Å². The first-order chi connectivity index (χ1) is 6.27. The summed E-state index contributed by atoms with van der Waals surface area (Å²) in [5, 5.41) is 0. The third-order valence-electron chi connectivity index (χ3n) is 2.29. The Morgan fingerprint density at radius 2 is 1.64 bits per heavy atom. The van der Waals surface area contributed by atoms with Crippen LogP contribution in [0.25, 0.3) is 0 Å². The van der Waals surface area contributed by atoms with Crippen molar-refractivity contribution in [1.29, 1.82) is 0 Å². The van der Waals surface area contributed by atoms with E-state index in [0.29, 0.717) is 5.56 Å². The highest BCUT2D eigenvalue weighted by Gasteiger charge is 2.49. The van der Waals surface area contributed by atoms with Gasteiger partial charge in [0.05, 0.1) is 0 Å². The van der Waals surface area contributed by atoms with Crippen LogP contribution < -0.4 is 5.73 Å². The standard InChI is InChI=1S/C10H12F3N/c1-7-5-3-4-6-8(7)9(2,14)10(11,12)13/h3-6H,14H2,1-2H3. The van der Waals surface area contributed by atoms with E-state index in [9.17, 15) is 13.2 Å². The summed E-state index contributed by atoms with van der Waals surface area (Å²) in [6.07, 6.45) is -4.43. The number of hydrogen-bond donors (Lipinski definition) is 1. The molecule has 2 N–H and O–H groups in total. The molecule has 0 amide bonds. The normalized spacial score (nSPS) is 16.4. The molecule has 1 atom stereocenters. The first-order valence-electron chi connectivity index (χ1n) is 4.18. The lowest BCUT2D eigenvalue weighted by atomic mass is 9.89. The first kappa shape index (κ1) is 11.0. The number of benzene rings is 1. The lowest BCUT2D eigenvalue weighted by molar-refractivity contribution is -0.184. The number of halogens is 3. The smallest absolute Gasteiger partial charge is 0.314 e. The van der Waals surface area contributed by atoms with E-state index in [1.807, 2.05) is 0 Å². The van der Waals surface area contributed by atoms with Crippen LogP contribution in [0.5, 0.6) is 0 Å². The summed E-state index contributed by atoms with van der Waals surface area (Å²) in [5.41, 5.74) is 3.68. The molecule has 0 aromatic heterocycles. The van der Waals surface area contributed by atoms with Crippen LogP contribution >= 0.6 is 0 Å². The second kappa shape index (κ2) is 3.28. The van der Waals surface area contributed by atoms with E-state index in [-0.39, 0.29) is 5.56 Å². The van der Waals surface area contributed by atoms with Crippen LogP contribution in [0.4, 0.5) is 13.2 Å². The summed E-state index contributed by atoms with van der Waals surface area (Å²) in [7, 11) is 0. The number of rotatable bonds is 1. The third kappa shape index (κ3) is 1.75. The van der Waals surface area contributed by atoms with Gasteiger partial charge >= 0.3 is 6.18 Å². The highest BCUT2D eigenvalue weighted by Crippen LogP contribution is 2.37. The Labute approximate surface area is 80.7 Å². The molecule has 0 spiro atoms. The third-order valence-corrected chi connectivity index (χ3v) is 2.29. The van der Waals surface area contributed by atoms with Crippen molar-refractivity contribution in [3.05, 3.63) is 35.4 Å². The molecule has 0 aliphatic carbocycles. The molecule has 0 fully saturated rings. The predicted octanol–water partition coefficient (Wildman–Crippen LogP) is 2.73. The molecule has 0 aliphatic rings. The van der Waals surface area contributed by atoms with Gasteiger partial charge in [-0.25, -0.2) is 0 Å². The molecular formula is C10H12F3N. The molecule has 1 aromatic rings. The minimum atomic E-state index is -4.43. The molecule has 1 rings (SSSR count). The summed E-state index contributed by atoms with van der Waals surface area (Å²) >= 11 is 0. The van der Waals surface area contributed by atoms with Gasteiger partial charge < -0.3 is 5.73 Å². The predicted molar refractivity (Wildman–Crippen MR) is 48.8 cm³/mol. The van der Waals surface area contributed by atoms with E-state index in [1.54, 1.807) is 25.1 Å². The molecule has 0 saturated heterocycles. The molecule has 14 heavy (non-hydrogen) atoms. The number of alkyl halides is 3. The van der Waals surface area contributed by atoms with Crippen LogP contribution in [0, 0.1) is 6.92 Å². The second-order valence-electron chi connectivity index (χ2n) is 3.52. The summed E-state index contributed by atoms with van der Waals surface area (Å²) in [5.74, 6) is 0. The Bertz CT molecular complexity index is 328. The monoisotopic (exact) mass is 203 g/mol. The van der Waals surface area contributed by atoms with E-state index < -0.39 is 11.7 Å². The van der Waals surface area contributed by atoms with Gasteiger partial charge in [-0.3, -0.25) is 0 Å². The van der Waals surface area contributed by atoms with E-state index in [1.165, 1.54) is 6.07 Å². The molecule has 1 unspecified atom stereocenters. The van der Waals surface area contributed by atoms with Crippen LogP contribution in [0.15, 0.2) is 24.3 Å². The minimum absolute atomic E-state index is 0.118. The van der Waals surface area contributed by atoms with Crippen molar-refractivity contribution in [2.75, 3.05) is 0 Å². The maximum absolute atomic E-state index is 12.6. The largest absolute Gasteiger partial charge is 0.410 e. The van der Waals surface area contributed by atoms with Gasteiger partial charge in [0.1, 0.15) is 5.54 Å². The number of aryl methyl sites for hydroxylation is 1. The zero-order valence-corrected chi connectivity index (χ0v) is 8.02. The highest BCUT2D eigenvalue weighted by atomic mass is 19.4. The lowest BCUT2D eigenvalue weighted by Gasteiger charge is -2.29. The molecule has 0 saturated carbocycles. The SMILES string of the molecule is Cc1ccccc1C(C)(N)C(F)(F)F. The lowest BCUT2D eigenvalue weighted by Crippen LogP contribution is -2.48. The maximum Gasteiger partial charge on any atom is 0.410 e. The highest BCUT2D eigenvalue weighted by molar-refractivity contribution is 5.33. The second-order valence-corrected chi connectivity index (χ2v) is 3.52. The fourth-order valence-corrected chi connectivity index (χ4v) is 1.31. The zero-order chi connectivity index (χ0) is 11.0. The molecule has 78 valence electrons. The van der Waals surface area contributed by atoms with Crippen molar-refractivity contribution in [2.45, 2.75) is 25.6 Å². The van der Waals surface area contributed by atoms with Crippen LogP contribution in [0.2, 0.25) is 0 Å².